The molecule has 3 heteroatoms. The molecule has 0 aromatic carbocycles. The Kier molecular flexibility index (Phi) is 0.854. The zero-order valence-electron chi connectivity index (χ0n) is 5.82. The fraction of sp³-hybridized carbons (Fsp3) is 1.00. The quantitative estimate of drug-likeness (QED) is 0.451. The number of ether oxygens (including phenoxy) is 3. The van der Waals surface area contributed by atoms with Crippen molar-refractivity contribution >= 4 is 0 Å². The third kappa shape index (κ3) is 0.516. The van der Waals surface area contributed by atoms with Gasteiger partial charge in [-0.2, -0.15) is 0 Å². The molecule has 0 N–H and O–H groups in total. The summed E-state index contributed by atoms with van der Waals surface area (Å²) in [5.41, 5.74) is 0. The Morgan fingerprint density at radius 3 is 3.00 bits per heavy atom. The molecule has 0 amide bonds. The predicted molar refractivity (Wildman–Crippen MR) is 32.4 cm³/mol. The number of rotatable bonds is 0. The molecule has 0 spiro atoms. The van der Waals surface area contributed by atoms with Crippen LogP contribution in [0.3, 0.4) is 0 Å². The van der Waals surface area contributed by atoms with E-state index in [1.807, 2.05) is 0 Å². The molecular formula is C7H10O3. The van der Waals surface area contributed by atoms with Crippen LogP contribution < -0.4 is 0 Å². The lowest BCUT2D eigenvalue weighted by Gasteiger charge is -2.19. The molecule has 4 unspecified atom stereocenters. The van der Waals surface area contributed by atoms with E-state index >= 15 is 0 Å². The third-order valence-corrected chi connectivity index (χ3v) is 2.67. The molecule has 3 nitrogen and oxygen atoms in total. The van der Waals surface area contributed by atoms with Crippen molar-refractivity contribution in [3.05, 3.63) is 0 Å². The van der Waals surface area contributed by atoms with Gasteiger partial charge in [0.25, 0.3) is 0 Å². The summed E-state index contributed by atoms with van der Waals surface area (Å²) < 4.78 is 16.2. The van der Waals surface area contributed by atoms with E-state index < -0.39 is 0 Å². The maximum atomic E-state index is 5.52. The highest BCUT2D eigenvalue weighted by atomic mass is 16.8. The minimum Gasteiger partial charge on any atom is -0.364 e. The Bertz CT molecular complexity index is 168. The fourth-order valence-electron chi connectivity index (χ4n) is 1.88. The second kappa shape index (κ2) is 1.55. The van der Waals surface area contributed by atoms with Crippen molar-refractivity contribution in [3.8, 4) is 0 Å². The standard InChI is InChI=1S/C7H10O3/c1-3-4-2-8-7(9-4)6-5(3)10-6/h3-7H,2H2,1H3/t3?,4-,5?,6?,7?/m0/s1. The van der Waals surface area contributed by atoms with E-state index in [0.29, 0.717) is 18.1 Å². The molecule has 0 aliphatic carbocycles. The van der Waals surface area contributed by atoms with Crippen molar-refractivity contribution in [2.75, 3.05) is 6.61 Å². The van der Waals surface area contributed by atoms with Crippen LogP contribution in [0.15, 0.2) is 0 Å². The van der Waals surface area contributed by atoms with Crippen LogP contribution in [-0.4, -0.2) is 31.2 Å². The van der Waals surface area contributed by atoms with Gasteiger partial charge in [0.1, 0.15) is 6.10 Å². The molecule has 3 aliphatic rings. The maximum absolute atomic E-state index is 5.52. The first-order valence-corrected chi connectivity index (χ1v) is 3.79. The van der Waals surface area contributed by atoms with Gasteiger partial charge in [-0.25, -0.2) is 0 Å². The van der Waals surface area contributed by atoms with Crippen LogP contribution in [-0.2, 0) is 14.2 Å². The summed E-state index contributed by atoms with van der Waals surface area (Å²) in [6.07, 6.45) is 0.958. The molecule has 3 aliphatic heterocycles. The third-order valence-electron chi connectivity index (χ3n) is 2.67. The van der Waals surface area contributed by atoms with E-state index in [2.05, 4.69) is 6.92 Å². The lowest BCUT2D eigenvalue weighted by Crippen LogP contribution is -2.33. The Labute approximate surface area is 59.3 Å². The van der Waals surface area contributed by atoms with Crippen LogP contribution >= 0.6 is 0 Å². The van der Waals surface area contributed by atoms with E-state index in [1.54, 1.807) is 0 Å². The van der Waals surface area contributed by atoms with Gasteiger partial charge in [0, 0.05) is 5.92 Å². The number of fused-ring (bicyclic) bond motifs is 4. The van der Waals surface area contributed by atoms with Crippen LogP contribution in [0, 0.1) is 5.92 Å². The first kappa shape index (κ1) is 5.52. The zero-order valence-corrected chi connectivity index (χ0v) is 5.82. The molecule has 10 heavy (non-hydrogen) atoms. The van der Waals surface area contributed by atoms with Gasteiger partial charge in [-0.1, -0.05) is 6.92 Å². The smallest absolute Gasteiger partial charge is 0.186 e. The largest absolute Gasteiger partial charge is 0.364 e. The lowest BCUT2D eigenvalue weighted by atomic mass is 9.98. The second-order valence-electron chi connectivity index (χ2n) is 3.30. The van der Waals surface area contributed by atoms with E-state index in [-0.39, 0.29) is 12.4 Å². The average Bonchev–Trinajstić information content (AvgIpc) is 2.61. The van der Waals surface area contributed by atoms with E-state index in [9.17, 15) is 0 Å². The Morgan fingerprint density at radius 2 is 2.10 bits per heavy atom. The van der Waals surface area contributed by atoms with Gasteiger partial charge in [-0.05, 0) is 0 Å². The highest BCUT2D eigenvalue weighted by Crippen LogP contribution is 2.44. The molecule has 2 bridgehead atoms. The highest BCUT2D eigenvalue weighted by Gasteiger charge is 2.59. The summed E-state index contributed by atoms with van der Waals surface area (Å²) in [5, 5.41) is 0. The number of hydrogen-bond donors (Lipinski definition) is 0. The molecule has 56 valence electrons. The van der Waals surface area contributed by atoms with Gasteiger partial charge < -0.3 is 14.2 Å². The van der Waals surface area contributed by atoms with Crippen LogP contribution in [0.25, 0.3) is 0 Å². The van der Waals surface area contributed by atoms with E-state index in [4.69, 9.17) is 14.2 Å². The average molecular weight is 142 g/mol. The van der Waals surface area contributed by atoms with Crippen LogP contribution in [0.5, 0.6) is 0 Å². The van der Waals surface area contributed by atoms with Crippen molar-refractivity contribution in [2.45, 2.75) is 31.5 Å². The summed E-state index contributed by atoms with van der Waals surface area (Å²) in [6, 6.07) is 0. The normalized spacial score (nSPS) is 63.9. The number of epoxide rings is 1. The SMILES string of the molecule is CC1C2OC2C2OC[C@@H]1O2. The summed E-state index contributed by atoms with van der Waals surface area (Å²) in [6.45, 7) is 2.93. The molecule has 3 saturated heterocycles. The van der Waals surface area contributed by atoms with Gasteiger partial charge in [0.15, 0.2) is 6.29 Å². The minimum atomic E-state index is -0.0359. The number of hydrogen-bond acceptors (Lipinski definition) is 3. The molecule has 3 heterocycles. The summed E-state index contributed by atoms with van der Waals surface area (Å²) in [7, 11) is 0. The van der Waals surface area contributed by atoms with Gasteiger partial charge in [0.05, 0.1) is 18.8 Å². The fourth-order valence-corrected chi connectivity index (χ4v) is 1.88. The van der Waals surface area contributed by atoms with Crippen molar-refractivity contribution in [1.29, 1.82) is 0 Å². The second-order valence-corrected chi connectivity index (χ2v) is 3.30. The maximum Gasteiger partial charge on any atom is 0.186 e. The van der Waals surface area contributed by atoms with Gasteiger partial charge in [-0.3, -0.25) is 0 Å². The first-order valence-electron chi connectivity index (χ1n) is 3.79. The predicted octanol–water partition coefficient (Wildman–Crippen LogP) is 0.145. The van der Waals surface area contributed by atoms with Crippen molar-refractivity contribution in [3.63, 3.8) is 0 Å². The molecule has 0 aromatic rings. The summed E-state index contributed by atoms with van der Waals surface area (Å²) in [5.74, 6) is 0.531. The van der Waals surface area contributed by atoms with Gasteiger partial charge in [-0.15, -0.1) is 0 Å². The van der Waals surface area contributed by atoms with Gasteiger partial charge >= 0.3 is 0 Å². The van der Waals surface area contributed by atoms with Crippen molar-refractivity contribution < 1.29 is 14.2 Å². The molecule has 0 radical (unpaired) electrons. The van der Waals surface area contributed by atoms with Crippen LogP contribution in [0.2, 0.25) is 0 Å². The molecule has 5 atom stereocenters. The Hall–Kier alpha value is -0.120. The minimum absolute atomic E-state index is 0.0359. The first-order chi connectivity index (χ1) is 4.86. The monoisotopic (exact) mass is 142 g/mol. The van der Waals surface area contributed by atoms with Crippen LogP contribution in [0.4, 0.5) is 0 Å². The summed E-state index contributed by atoms with van der Waals surface area (Å²) in [4.78, 5) is 0. The lowest BCUT2D eigenvalue weighted by molar-refractivity contribution is -0.0870. The zero-order chi connectivity index (χ0) is 6.72. The molecule has 0 saturated carbocycles. The van der Waals surface area contributed by atoms with Crippen LogP contribution in [0.1, 0.15) is 6.92 Å². The Balaban J connectivity index is 1.91. The van der Waals surface area contributed by atoms with Crippen molar-refractivity contribution in [1.82, 2.24) is 0 Å². The molecule has 3 rings (SSSR count). The molecule has 3 fully saturated rings. The van der Waals surface area contributed by atoms with Gasteiger partial charge in [0.2, 0.25) is 0 Å². The highest BCUT2D eigenvalue weighted by molar-refractivity contribution is 5.01. The van der Waals surface area contributed by atoms with E-state index in [1.165, 1.54) is 0 Å². The topological polar surface area (TPSA) is 31.0 Å². The Morgan fingerprint density at radius 1 is 1.20 bits per heavy atom. The molecular weight excluding hydrogens is 132 g/mol. The molecule has 0 aromatic heterocycles. The van der Waals surface area contributed by atoms with Crippen molar-refractivity contribution in [2.24, 2.45) is 5.92 Å². The summed E-state index contributed by atoms with van der Waals surface area (Å²) >= 11 is 0. The van der Waals surface area contributed by atoms with E-state index in [0.717, 1.165) is 6.61 Å².